The second-order valence-electron chi connectivity index (χ2n) is 6.34. The molecule has 3 heteroatoms. The number of allylic oxidation sites excluding steroid dienone is 6. The summed E-state index contributed by atoms with van der Waals surface area (Å²) >= 11 is 1.52. The van der Waals surface area contributed by atoms with Gasteiger partial charge in [-0.3, -0.25) is 0 Å². The van der Waals surface area contributed by atoms with E-state index in [1.54, 1.807) is 5.56 Å². The van der Waals surface area contributed by atoms with Gasteiger partial charge in [0.05, 0.1) is 0 Å². The normalized spacial score (nSPS) is 12.8. The first-order chi connectivity index (χ1) is 11.1. The van der Waals surface area contributed by atoms with E-state index in [0.29, 0.717) is 0 Å². The maximum atomic E-state index is 2.24. The van der Waals surface area contributed by atoms with Crippen molar-refractivity contribution in [2.45, 2.75) is 27.2 Å². The quantitative estimate of drug-likeness (QED) is 0.427. The number of hydrogen-bond donors (Lipinski definition) is 0. The molecule has 0 aliphatic heterocycles. The first-order valence-electron chi connectivity index (χ1n) is 8.02. The molecule has 127 valence electrons. The number of fused-ring (bicyclic) bond motifs is 3. The van der Waals surface area contributed by atoms with E-state index in [-0.39, 0.29) is 24.8 Å². The molecule has 0 spiro atoms. The standard InChI is InChI=1S/C13H9.C9H12.2ClH.Zr/c1-3-7-12-10(5-1)9-11-6-2-4-8-13(11)12;1-7(2)9-5-4-8(3)6-9;;;/h1-5,7-8H,9H2;4-6H,1-3H3;2*1H;/q;;;;+2/p-2. The van der Waals surface area contributed by atoms with Crippen LogP contribution in [0.15, 0.2) is 77.4 Å². The van der Waals surface area contributed by atoms with Crippen molar-refractivity contribution in [1.82, 2.24) is 0 Å². The Morgan fingerprint density at radius 1 is 0.880 bits per heavy atom. The Labute approximate surface area is 178 Å². The summed E-state index contributed by atoms with van der Waals surface area (Å²) in [7, 11) is 0. The van der Waals surface area contributed by atoms with Crippen LogP contribution in [0.4, 0.5) is 0 Å². The SMILES string of the molecule is CC1=CC(=C(C)C)C=C1.[Cl-].[Cl-].[Zr+2][c]1cccc2c1Cc1ccccc1-2. The first-order valence-corrected chi connectivity index (χ1v) is 9.25. The average molecular weight is 448 g/mol. The summed E-state index contributed by atoms with van der Waals surface area (Å²) in [6.45, 7) is 6.38. The monoisotopic (exact) mass is 445 g/mol. The molecule has 4 rings (SSSR count). The van der Waals surface area contributed by atoms with Gasteiger partial charge in [0.1, 0.15) is 0 Å². The molecule has 25 heavy (non-hydrogen) atoms. The van der Waals surface area contributed by atoms with Gasteiger partial charge in [-0.05, 0) is 26.3 Å². The molecule has 0 aromatic heterocycles. The summed E-state index contributed by atoms with van der Waals surface area (Å²) in [6.07, 6.45) is 7.63. The fraction of sp³-hybridized carbons (Fsp3) is 0.182. The summed E-state index contributed by atoms with van der Waals surface area (Å²) in [4.78, 5) is 0. The third-order valence-electron chi connectivity index (χ3n) is 4.34. The van der Waals surface area contributed by atoms with E-state index in [2.05, 4.69) is 81.5 Å². The van der Waals surface area contributed by atoms with E-state index in [1.165, 1.54) is 61.4 Å². The van der Waals surface area contributed by atoms with Gasteiger partial charge in [-0.25, -0.2) is 0 Å². The van der Waals surface area contributed by atoms with Gasteiger partial charge in [0.15, 0.2) is 0 Å². The Morgan fingerprint density at radius 2 is 1.56 bits per heavy atom. The van der Waals surface area contributed by atoms with Crippen LogP contribution in [-0.2, 0) is 31.1 Å². The van der Waals surface area contributed by atoms with Crippen LogP contribution < -0.4 is 28.1 Å². The number of benzene rings is 2. The fourth-order valence-corrected chi connectivity index (χ4v) is 3.82. The molecule has 2 aliphatic rings. The third-order valence-corrected chi connectivity index (χ3v) is 5.49. The van der Waals surface area contributed by atoms with Gasteiger partial charge in [0.2, 0.25) is 0 Å². The Bertz CT molecular complexity index is 841. The Balaban J connectivity index is 0.000000252. The van der Waals surface area contributed by atoms with Crippen LogP contribution >= 0.6 is 0 Å². The van der Waals surface area contributed by atoms with Crippen molar-refractivity contribution >= 4 is 3.27 Å². The Hall–Kier alpha value is -0.877. The van der Waals surface area contributed by atoms with E-state index in [9.17, 15) is 0 Å². The number of rotatable bonds is 0. The van der Waals surface area contributed by atoms with Gasteiger partial charge in [-0.15, -0.1) is 0 Å². The van der Waals surface area contributed by atoms with E-state index >= 15 is 0 Å². The molecule has 0 N–H and O–H groups in total. The van der Waals surface area contributed by atoms with Crippen LogP contribution in [0.5, 0.6) is 0 Å². The predicted molar refractivity (Wildman–Crippen MR) is 95.6 cm³/mol. The van der Waals surface area contributed by atoms with Crippen LogP contribution in [0.1, 0.15) is 31.9 Å². The van der Waals surface area contributed by atoms with Gasteiger partial charge < -0.3 is 24.8 Å². The molecule has 0 saturated heterocycles. The molecular formula is C22H21Cl2Zr. The molecule has 2 aliphatic carbocycles. The van der Waals surface area contributed by atoms with Crippen LogP contribution in [0.3, 0.4) is 0 Å². The van der Waals surface area contributed by atoms with Crippen molar-refractivity contribution in [3.63, 3.8) is 0 Å². The number of halogens is 2. The molecule has 0 atom stereocenters. The molecule has 2 aromatic rings. The zero-order valence-electron chi connectivity index (χ0n) is 14.7. The second kappa shape index (κ2) is 9.72. The molecule has 0 unspecified atom stereocenters. The van der Waals surface area contributed by atoms with Gasteiger partial charge in [-0.1, -0.05) is 29.4 Å². The van der Waals surface area contributed by atoms with Gasteiger partial charge in [0.25, 0.3) is 0 Å². The van der Waals surface area contributed by atoms with Crippen LogP contribution in [-0.4, -0.2) is 0 Å². The zero-order chi connectivity index (χ0) is 16.4. The van der Waals surface area contributed by atoms with Crippen LogP contribution in [0, 0.1) is 0 Å². The molecular weight excluding hydrogens is 426 g/mol. The van der Waals surface area contributed by atoms with Crippen LogP contribution in [0.25, 0.3) is 11.1 Å². The minimum absolute atomic E-state index is 0. The second-order valence-corrected chi connectivity index (χ2v) is 7.67. The van der Waals surface area contributed by atoms with Crippen molar-refractivity contribution in [2.75, 3.05) is 0 Å². The third kappa shape index (κ3) is 5.07. The Morgan fingerprint density at radius 3 is 2.16 bits per heavy atom. The van der Waals surface area contributed by atoms with E-state index in [4.69, 9.17) is 0 Å². The summed E-state index contributed by atoms with van der Waals surface area (Å²) in [5.41, 5.74) is 10.0. The fourth-order valence-electron chi connectivity index (χ4n) is 3.03. The van der Waals surface area contributed by atoms with Gasteiger partial charge in [-0.2, -0.15) is 0 Å². The first kappa shape index (κ1) is 22.2. The molecule has 0 fully saturated rings. The molecule has 0 heterocycles. The van der Waals surface area contributed by atoms with Crippen molar-refractivity contribution in [3.8, 4) is 11.1 Å². The Kier molecular flexibility index (Phi) is 8.62. The zero-order valence-corrected chi connectivity index (χ0v) is 18.7. The average Bonchev–Trinajstić information content (AvgIpc) is 3.13. The summed E-state index contributed by atoms with van der Waals surface area (Å²) in [5.74, 6) is 0. The van der Waals surface area contributed by atoms with Gasteiger partial charge in [0, 0.05) is 0 Å². The molecule has 0 amide bonds. The van der Waals surface area contributed by atoms with Crippen molar-refractivity contribution in [2.24, 2.45) is 0 Å². The molecule has 2 aromatic carbocycles. The van der Waals surface area contributed by atoms with Crippen LogP contribution in [0.2, 0.25) is 0 Å². The predicted octanol–water partition coefficient (Wildman–Crippen LogP) is -0.723. The van der Waals surface area contributed by atoms with Crippen molar-refractivity contribution in [3.05, 3.63) is 88.5 Å². The van der Waals surface area contributed by atoms with Gasteiger partial charge >= 0.3 is 99.1 Å². The van der Waals surface area contributed by atoms with Crippen molar-refractivity contribution in [1.29, 1.82) is 0 Å². The molecule has 0 radical (unpaired) electrons. The van der Waals surface area contributed by atoms with E-state index in [1.807, 2.05) is 0 Å². The summed E-state index contributed by atoms with van der Waals surface area (Å²) in [5, 5.41) is 0. The number of hydrogen-bond acceptors (Lipinski definition) is 0. The molecule has 0 saturated carbocycles. The van der Waals surface area contributed by atoms with E-state index < -0.39 is 0 Å². The molecule has 0 bridgehead atoms. The van der Waals surface area contributed by atoms with E-state index in [0.717, 1.165) is 6.42 Å². The summed E-state index contributed by atoms with van der Waals surface area (Å²) < 4.78 is 1.51. The topological polar surface area (TPSA) is 0 Å². The molecule has 0 nitrogen and oxygen atoms in total. The minimum atomic E-state index is 0. The van der Waals surface area contributed by atoms with Crippen molar-refractivity contribution < 1.29 is 49.5 Å². The maximum absolute atomic E-state index is 2.24. The summed E-state index contributed by atoms with van der Waals surface area (Å²) in [6, 6.07) is 15.4.